The number of hydrogen-bond acceptors (Lipinski definition) is 3. The summed E-state index contributed by atoms with van der Waals surface area (Å²) in [6.07, 6.45) is 1.35. The van der Waals surface area contributed by atoms with Gasteiger partial charge in [0.1, 0.15) is 35.0 Å². The summed E-state index contributed by atoms with van der Waals surface area (Å²) < 4.78 is 18.2. The lowest BCUT2D eigenvalue weighted by Gasteiger charge is -1.95. The molecule has 3 nitrogen and oxygen atoms in total. The molecule has 86 valence electrons. The summed E-state index contributed by atoms with van der Waals surface area (Å²) in [4.78, 5) is 0. The van der Waals surface area contributed by atoms with E-state index < -0.39 is 0 Å². The molecule has 1 aromatic carbocycles. The minimum atomic E-state index is -0.318. The Morgan fingerprint density at radius 3 is 2.33 bits per heavy atom. The summed E-state index contributed by atoms with van der Waals surface area (Å²) in [5, 5.41) is 17.2. The number of hydrogen-bond donors (Lipinski definition) is 0. The summed E-state index contributed by atoms with van der Waals surface area (Å²) in [5.74, 6) is 0.644. The molecule has 0 bridgehead atoms. The van der Waals surface area contributed by atoms with Crippen LogP contribution in [0.25, 0.3) is 17.4 Å². The van der Waals surface area contributed by atoms with Gasteiger partial charge in [-0.1, -0.05) is 0 Å². The average molecular weight is 238 g/mol. The second-order valence-electron chi connectivity index (χ2n) is 3.49. The van der Waals surface area contributed by atoms with Crippen LogP contribution in [-0.2, 0) is 0 Å². The highest BCUT2D eigenvalue weighted by atomic mass is 19.1. The molecule has 0 spiro atoms. The molecule has 0 saturated heterocycles. The summed E-state index contributed by atoms with van der Waals surface area (Å²) in [5.41, 5.74) is 0.696. The largest absolute Gasteiger partial charge is 0.457 e. The molecule has 0 radical (unpaired) electrons. The Morgan fingerprint density at radius 2 is 1.72 bits per heavy atom. The van der Waals surface area contributed by atoms with E-state index in [2.05, 4.69) is 0 Å². The van der Waals surface area contributed by atoms with Crippen LogP contribution in [0.5, 0.6) is 0 Å². The van der Waals surface area contributed by atoms with Gasteiger partial charge in [0.2, 0.25) is 0 Å². The summed E-state index contributed by atoms with van der Waals surface area (Å²) >= 11 is 0. The van der Waals surface area contributed by atoms with Crippen molar-refractivity contribution in [1.82, 2.24) is 0 Å². The third-order valence-corrected chi connectivity index (χ3v) is 2.28. The summed E-state index contributed by atoms with van der Waals surface area (Å²) in [7, 11) is 0. The van der Waals surface area contributed by atoms with E-state index in [-0.39, 0.29) is 11.4 Å². The quantitative estimate of drug-likeness (QED) is 0.752. The first-order chi connectivity index (χ1) is 8.72. The number of nitriles is 2. The second-order valence-corrected chi connectivity index (χ2v) is 3.49. The molecule has 1 aromatic heterocycles. The minimum absolute atomic E-state index is 0.0324. The fourth-order valence-corrected chi connectivity index (χ4v) is 1.43. The molecular weight excluding hydrogens is 231 g/mol. The third kappa shape index (κ3) is 2.45. The van der Waals surface area contributed by atoms with Gasteiger partial charge in [-0.15, -0.1) is 0 Å². The lowest BCUT2D eigenvalue weighted by molar-refractivity contribution is 0.571. The van der Waals surface area contributed by atoms with Crippen molar-refractivity contribution in [3.05, 3.63) is 53.5 Å². The average Bonchev–Trinajstić information content (AvgIpc) is 2.85. The Balaban J connectivity index is 2.32. The molecule has 0 aliphatic heterocycles. The van der Waals surface area contributed by atoms with Crippen LogP contribution in [0.15, 0.2) is 46.4 Å². The zero-order valence-electron chi connectivity index (χ0n) is 9.22. The monoisotopic (exact) mass is 238 g/mol. The fourth-order valence-electron chi connectivity index (χ4n) is 1.43. The zero-order valence-corrected chi connectivity index (χ0v) is 9.22. The van der Waals surface area contributed by atoms with Crippen LogP contribution >= 0.6 is 0 Å². The lowest BCUT2D eigenvalue weighted by Crippen LogP contribution is -1.75. The van der Waals surface area contributed by atoms with Crippen LogP contribution in [-0.4, -0.2) is 0 Å². The first-order valence-electron chi connectivity index (χ1n) is 5.10. The van der Waals surface area contributed by atoms with E-state index in [1.165, 1.54) is 18.2 Å². The number of halogens is 1. The van der Waals surface area contributed by atoms with Gasteiger partial charge in [-0.2, -0.15) is 10.5 Å². The number of rotatable bonds is 2. The standard InChI is InChI=1S/C14H7FN2O/c15-12-3-1-11(2-4-12)14-6-5-13(18-14)7-10(8-16)9-17/h1-7H. The van der Waals surface area contributed by atoms with E-state index in [0.29, 0.717) is 11.5 Å². The smallest absolute Gasteiger partial charge is 0.134 e. The highest BCUT2D eigenvalue weighted by Crippen LogP contribution is 2.23. The number of nitrogens with zero attached hydrogens (tertiary/aromatic N) is 2. The van der Waals surface area contributed by atoms with E-state index in [0.717, 1.165) is 5.56 Å². The Labute approximate surface area is 103 Å². The Morgan fingerprint density at radius 1 is 1.06 bits per heavy atom. The molecule has 1 heterocycles. The zero-order chi connectivity index (χ0) is 13.0. The van der Waals surface area contributed by atoms with Crippen LogP contribution in [0, 0.1) is 28.5 Å². The van der Waals surface area contributed by atoms with E-state index in [1.807, 2.05) is 0 Å². The minimum Gasteiger partial charge on any atom is -0.457 e. The molecule has 18 heavy (non-hydrogen) atoms. The van der Waals surface area contributed by atoms with Crippen molar-refractivity contribution < 1.29 is 8.81 Å². The van der Waals surface area contributed by atoms with Crippen LogP contribution < -0.4 is 0 Å². The Hall–Kier alpha value is -2.85. The third-order valence-electron chi connectivity index (χ3n) is 2.28. The van der Waals surface area contributed by atoms with E-state index >= 15 is 0 Å². The van der Waals surface area contributed by atoms with Gasteiger partial charge in [-0.3, -0.25) is 0 Å². The predicted molar refractivity (Wildman–Crippen MR) is 63.3 cm³/mol. The molecule has 2 aromatic rings. The molecule has 0 N–H and O–H groups in total. The van der Waals surface area contributed by atoms with Crippen LogP contribution in [0.2, 0.25) is 0 Å². The van der Waals surface area contributed by atoms with E-state index in [1.54, 1.807) is 36.4 Å². The van der Waals surface area contributed by atoms with Gasteiger partial charge in [0.05, 0.1) is 0 Å². The van der Waals surface area contributed by atoms with Gasteiger partial charge in [0.25, 0.3) is 0 Å². The number of furan rings is 1. The van der Waals surface area contributed by atoms with Crippen molar-refractivity contribution in [1.29, 1.82) is 10.5 Å². The molecular formula is C14H7FN2O. The molecule has 0 atom stereocenters. The van der Waals surface area contributed by atoms with Crippen molar-refractivity contribution in [2.45, 2.75) is 0 Å². The van der Waals surface area contributed by atoms with Crippen molar-refractivity contribution in [3.8, 4) is 23.5 Å². The van der Waals surface area contributed by atoms with Gasteiger partial charge < -0.3 is 4.42 Å². The summed E-state index contributed by atoms with van der Waals surface area (Å²) in [6.45, 7) is 0. The maximum absolute atomic E-state index is 12.8. The molecule has 0 unspecified atom stereocenters. The molecule has 0 aliphatic rings. The topological polar surface area (TPSA) is 60.7 Å². The highest BCUT2D eigenvalue weighted by molar-refractivity contribution is 5.63. The molecule has 0 fully saturated rings. The first kappa shape index (κ1) is 11.6. The second kappa shape index (κ2) is 4.99. The van der Waals surface area contributed by atoms with Crippen molar-refractivity contribution in [2.75, 3.05) is 0 Å². The Bertz CT molecular complexity index is 653. The number of allylic oxidation sites excluding steroid dienone is 1. The first-order valence-corrected chi connectivity index (χ1v) is 5.10. The SMILES string of the molecule is N#CC(C#N)=Cc1ccc(-c2ccc(F)cc2)o1. The van der Waals surface area contributed by atoms with Crippen molar-refractivity contribution in [2.24, 2.45) is 0 Å². The van der Waals surface area contributed by atoms with Crippen LogP contribution in [0.4, 0.5) is 4.39 Å². The van der Waals surface area contributed by atoms with Crippen molar-refractivity contribution >= 4 is 6.08 Å². The fraction of sp³-hybridized carbons (Fsp3) is 0. The van der Waals surface area contributed by atoms with Crippen molar-refractivity contribution in [3.63, 3.8) is 0 Å². The van der Waals surface area contributed by atoms with E-state index in [9.17, 15) is 4.39 Å². The lowest BCUT2D eigenvalue weighted by atomic mass is 10.2. The molecule has 2 rings (SSSR count). The Kier molecular flexibility index (Phi) is 3.22. The maximum Gasteiger partial charge on any atom is 0.134 e. The normalized spacial score (nSPS) is 9.28. The molecule has 0 amide bonds. The molecule has 0 saturated carbocycles. The maximum atomic E-state index is 12.8. The molecule has 0 aliphatic carbocycles. The van der Waals surface area contributed by atoms with Gasteiger partial charge in [-0.05, 0) is 36.4 Å². The molecule has 4 heteroatoms. The predicted octanol–water partition coefficient (Wildman–Crippen LogP) is 3.52. The van der Waals surface area contributed by atoms with Gasteiger partial charge in [-0.25, -0.2) is 4.39 Å². The van der Waals surface area contributed by atoms with Gasteiger partial charge >= 0.3 is 0 Å². The van der Waals surface area contributed by atoms with Crippen LogP contribution in [0.1, 0.15) is 5.76 Å². The highest BCUT2D eigenvalue weighted by Gasteiger charge is 2.04. The van der Waals surface area contributed by atoms with Crippen LogP contribution in [0.3, 0.4) is 0 Å². The number of benzene rings is 1. The summed E-state index contributed by atoms with van der Waals surface area (Å²) in [6, 6.07) is 12.7. The van der Waals surface area contributed by atoms with E-state index in [4.69, 9.17) is 14.9 Å². The van der Waals surface area contributed by atoms with Gasteiger partial charge in [0.15, 0.2) is 0 Å². The van der Waals surface area contributed by atoms with Gasteiger partial charge in [0, 0.05) is 11.6 Å².